The van der Waals surface area contributed by atoms with Crippen molar-refractivity contribution >= 4 is 21.6 Å². The molecule has 2 rings (SSSR count). The number of aryl methyl sites for hydroxylation is 1. The topological polar surface area (TPSA) is 55.4 Å². The van der Waals surface area contributed by atoms with Crippen LogP contribution in [0.3, 0.4) is 0 Å². The molecule has 0 bridgehead atoms. The first-order valence-corrected chi connectivity index (χ1v) is 8.18. The highest BCUT2D eigenvalue weighted by molar-refractivity contribution is 7.89. The van der Waals surface area contributed by atoms with Crippen molar-refractivity contribution in [3.05, 3.63) is 58.6 Å². The molecule has 112 valence electrons. The Balaban J connectivity index is 2.19. The Morgan fingerprint density at radius 2 is 1.90 bits per heavy atom. The number of halogens is 1. The Morgan fingerprint density at radius 3 is 2.52 bits per heavy atom. The second kappa shape index (κ2) is 6.47. The molecule has 1 N–H and O–H groups in total. The van der Waals surface area contributed by atoms with Crippen LogP contribution in [0.25, 0.3) is 0 Å². The Bertz CT molecular complexity index is 744. The van der Waals surface area contributed by atoms with Crippen LogP contribution < -0.4 is 9.46 Å². The lowest BCUT2D eigenvalue weighted by molar-refractivity contribution is 0.414. The molecular weight excluding hydrogens is 310 g/mol. The fraction of sp³-hybridized carbons (Fsp3) is 0.200. The van der Waals surface area contributed by atoms with E-state index in [1.54, 1.807) is 0 Å². The molecule has 0 aliphatic heterocycles. The van der Waals surface area contributed by atoms with Gasteiger partial charge < -0.3 is 4.74 Å². The zero-order chi connectivity index (χ0) is 15.5. The maximum atomic E-state index is 12.3. The fourth-order valence-corrected chi connectivity index (χ4v) is 3.23. The number of hydrogen-bond donors (Lipinski definition) is 1. The largest absolute Gasteiger partial charge is 0.495 e. The summed E-state index contributed by atoms with van der Waals surface area (Å²) in [4.78, 5) is 0.113. The molecule has 6 heteroatoms. The lowest BCUT2D eigenvalue weighted by atomic mass is 10.1. The average Bonchev–Trinajstić information content (AvgIpc) is 2.46. The first-order valence-electron chi connectivity index (χ1n) is 6.32. The summed E-state index contributed by atoms with van der Waals surface area (Å²) in [6.07, 6.45) is 0. The summed E-state index contributed by atoms with van der Waals surface area (Å²) < 4.78 is 32.1. The molecule has 0 radical (unpaired) electrons. The van der Waals surface area contributed by atoms with Crippen LogP contribution in [0.15, 0.2) is 47.4 Å². The molecule has 0 spiro atoms. The average molecular weight is 326 g/mol. The molecule has 0 amide bonds. The first-order chi connectivity index (χ1) is 9.94. The van der Waals surface area contributed by atoms with Crippen molar-refractivity contribution in [2.45, 2.75) is 18.4 Å². The molecule has 21 heavy (non-hydrogen) atoms. The molecule has 0 aliphatic rings. The van der Waals surface area contributed by atoms with Crippen LogP contribution in [0.4, 0.5) is 0 Å². The summed E-state index contributed by atoms with van der Waals surface area (Å²) in [5.41, 5.74) is 1.97. The van der Waals surface area contributed by atoms with E-state index in [4.69, 9.17) is 16.3 Å². The van der Waals surface area contributed by atoms with Gasteiger partial charge in [-0.3, -0.25) is 0 Å². The van der Waals surface area contributed by atoms with E-state index in [1.807, 2.05) is 31.2 Å². The Labute approximate surface area is 129 Å². The first kappa shape index (κ1) is 15.8. The zero-order valence-corrected chi connectivity index (χ0v) is 13.3. The van der Waals surface area contributed by atoms with E-state index in [0.717, 1.165) is 11.1 Å². The van der Waals surface area contributed by atoms with Crippen molar-refractivity contribution in [3.8, 4) is 5.75 Å². The van der Waals surface area contributed by atoms with E-state index in [0.29, 0.717) is 5.75 Å². The van der Waals surface area contributed by atoms with Gasteiger partial charge in [0.15, 0.2) is 0 Å². The van der Waals surface area contributed by atoms with E-state index >= 15 is 0 Å². The van der Waals surface area contributed by atoms with E-state index in [-0.39, 0.29) is 16.5 Å². The monoisotopic (exact) mass is 325 g/mol. The predicted molar refractivity (Wildman–Crippen MR) is 83.2 cm³/mol. The van der Waals surface area contributed by atoms with Gasteiger partial charge in [-0.15, -0.1) is 0 Å². The quantitative estimate of drug-likeness (QED) is 0.918. The van der Waals surface area contributed by atoms with Gasteiger partial charge in [-0.1, -0.05) is 35.9 Å². The Morgan fingerprint density at radius 1 is 1.19 bits per heavy atom. The molecule has 0 aliphatic carbocycles. The Kier molecular flexibility index (Phi) is 4.88. The number of sulfonamides is 1. The van der Waals surface area contributed by atoms with E-state index in [2.05, 4.69) is 4.72 Å². The SMILES string of the molecule is COc1ccc(S(=O)(=O)NCc2ccccc2C)cc1Cl. The van der Waals surface area contributed by atoms with Crippen molar-refractivity contribution in [2.75, 3.05) is 7.11 Å². The third-order valence-corrected chi connectivity index (χ3v) is 4.84. The van der Waals surface area contributed by atoms with Crippen molar-refractivity contribution in [1.29, 1.82) is 0 Å². The van der Waals surface area contributed by atoms with E-state index in [1.165, 1.54) is 25.3 Å². The summed E-state index contributed by atoms with van der Waals surface area (Å²) in [6, 6.07) is 12.0. The van der Waals surface area contributed by atoms with Gasteiger partial charge in [-0.25, -0.2) is 13.1 Å². The van der Waals surface area contributed by atoms with Crippen molar-refractivity contribution in [1.82, 2.24) is 4.72 Å². The summed E-state index contributed by atoms with van der Waals surface area (Å²) >= 11 is 5.96. The minimum absolute atomic E-state index is 0.113. The van der Waals surface area contributed by atoms with Crippen LogP contribution in [0.5, 0.6) is 5.75 Å². The number of hydrogen-bond acceptors (Lipinski definition) is 3. The molecule has 0 atom stereocenters. The maximum absolute atomic E-state index is 12.3. The standard InChI is InChI=1S/C15H16ClNO3S/c1-11-5-3-4-6-12(11)10-17-21(18,19)13-7-8-15(20-2)14(16)9-13/h3-9,17H,10H2,1-2H3. The molecule has 4 nitrogen and oxygen atoms in total. The third kappa shape index (κ3) is 3.75. The summed E-state index contributed by atoms with van der Waals surface area (Å²) in [5, 5.41) is 0.260. The van der Waals surface area contributed by atoms with Crippen LogP contribution >= 0.6 is 11.6 Å². The summed E-state index contributed by atoms with van der Waals surface area (Å²) in [5.74, 6) is 0.439. The summed E-state index contributed by atoms with van der Waals surface area (Å²) in [6.45, 7) is 2.17. The van der Waals surface area contributed by atoms with Crippen LogP contribution in [0.1, 0.15) is 11.1 Å². The minimum atomic E-state index is -3.61. The van der Waals surface area contributed by atoms with Crippen LogP contribution in [-0.4, -0.2) is 15.5 Å². The second-order valence-electron chi connectivity index (χ2n) is 4.55. The highest BCUT2D eigenvalue weighted by Crippen LogP contribution is 2.26. The number of methoxy groups -OCH3 is 1. The van der Waals surface area contributed by atoms with Crippen LogP contribution in [0.2, 0.25) is 5.02 Å². The van der Waals surface area contributed by atoms with Crippen LogP contribution in [0, 0.1) is 6.92 Å². The van der Waals surface area contributed by atoms with Crippen molar-refractivity contribution < 1.29 is 13.2 Å². The molecule has 0 aromatic heterocycles. The minimum Gasteiger partial charge on any atom is -0.495 e. The summed E-state index contributed by atoms with van der Waals surface area (Å²) in [7, 11) is -2.13. The second-order valence-corrected chi connectivity index (χ2v) is 6.72. The fourth-order valence-electron chi connectivity index (χ4n) is 1.88. The van der Waals surface area contributed by atoms with E-state index < -0.39 is 10.0 Å². The van der Waals surface area contributed by atoms with Gasteiger partial charge in [-0.05, 0) is 36.2 Å². The van der Waals surface area contributed by atoms with Gasteiger partial charge in [0.1, 0.15) is 5.75 Å². The normalized spacial score (nSPS) is 11.4. The number of ether oxygens (including phenoxy) is 1. The van der Waals surface area contributed by atoms with Gasteiger partial charge in [0.2, 0.25) is 10.0 Å². The number of rotatable bonds is 5. The van der Waals surface area contributed by atoms with Gasteiger partial charge in [0.05, 0.1) is 17.0 Å². The van der Waals surface area contributed by atoms with Crippen LogP contribution in [-0.2, 0) is 16.6 Å². The van der Waals surface area contributed by atoms with Crippen molar-refractivity contribution in [2.24, 2.45) is 0 Å². The van der Waals surface area contributed by atoms with Gasteiger partial charge >= 0.3 is 0 Å². The number of benzene rings is 2. The highest BCUT2D eigenvalue weighted by Gasteiger charge is 2.16. The maximum Gasteiger partial charge on any atom is 0.240 e. The molecule has 0 fully saturated rings. The lowest BCUT2D eigenvalue weighted by Gasteiger charge is -2.10. The molecule has 0 heterocycles. The number of nitrogens with one attached hydrogen (secondary N) is 1. The zero-order valence-electron chi connectivity index (χ0n) is 11.8. The lowest BCUT2D eigenvalue weighted by Crippen LogP contribution is -2.23. The molecule has 0 unspecified atom stereocenters. The van der Waals surface area contributed by atoms with Gasteiger partial charge in [0, 0.05) is 6.54 Å². The molecule has 2 aromatic rings. The molecule has 2 aromatic carbocycles. The molecule has 0 saturated carbocycles. The van der Waals surface area contributed by atoms with E-state index in [9.17, 15) is 8.42 Å². The van der Waals surface area contributed by atoms with Gasteiger partial charge in [0.25, 0.3) is 0 Å². The Hall–Kier alpha value is -1.56. The van der Waals surface area contributed by atoms with Crippen molar-refractivity contribution in [3.63, 3.8) is 0 Å². The highest BCUT2D eigenvalue weighted by atomic mass is 35.5. The predicted octanol–water partition coefficient (Wildman–Crippen LogP) is 3.14. The molecular formula is C15H16ClNO3S. The smallest absolute Gasteiger partial charge is 0.240 e. The third-order valence-electron chi connectivity index (χ3n) is 3.15. The molecule has 0 saturated heterocycles. The van der Waals surface area contributed by atoms with Gasteiger partial charge in [-0.2, -0.15) is 0 Å².